The van der Waals surface area contributed by atoms with Gasteiger partial charge in [0, 0.05) is 51.0 Å². The number of nitrogens with zero attached hydrogens (tertiary/aromatic N) is 3. The fraction of sp³-hybridized carbons (Fsp3) is 0.722. The van der Waals surface area contributed by atoms with Crippen LogP contribution in [0.15, 0.2) is 15.8 Å². The van der Waals surface area contributed by atoms with Gasteiger partial charge in [0.1, 0.15) is 0 Å². The second-order valence-electron chi connectivity index (χ2n) is 7.27. The largest absolute Gasteiger partial charge is 0.379 e. The van der Waals surface area contributed by atoms with Crippen molar-refractivity contribution in [2.45, 2.75) is 32.2 Å². The Kier molecular flexibility index (Phi) is 5.93. The van der Waals surface area contributed by atoms with E-state index in [2.05, 4.69) is 16.8 Å². The lowest BCUT2D eigenvalue weighted by Gasteiger charge is -2.41. The third kappa shape index (κ3) is 4.07. The number of ether oxygens (including phenoxy) is 1. The zero-order valence-corrected chi connectivity index (χ0v) is 15.6. The maximum absolute atomic E-state index is 12.6. The number of rotatable bonds is 4. The second kappa shape index (κ2) is 8.18. The number of hydrogen-bond acceptors (Lipinski definition) is 5. The summed E-state index contributed by atoms with van der Waals surface area (Å²) in [6, 6.07) is 0.502. The first kappa shape index (κ1) is 18.8. The topological polar surface area (TPSA) is 87.6 Å². The van der Waals surface area contributed by atoms with Crippen molar-refractivity contribution in [2.75, 3.05) is 39.4 Å². The molecular weight excluding hydrogens is 336 g/mol. The van der Waals surface area contributed by atoms with Gasteiger partial charge in [0.15, 0.2) is 0 Å². The van der Waals surface area contributed by atoms with E-state index in [1.165, 1.54) is 13.2 Å². The molecule has 0 spiro atoms. The number of nitrogens with one attached hydrogen (secondary N) is 1. The molecule has 0 saturated carbocycles. The Morgan fingerprint density at radius 3 is 2.54 bits per heavy atom. The summed E-state index contributed by atoms with van der Waals surface area (Å²) < 4.78 is 6.42. The predicted octanol–water partition coefficient (Wildman–Crippen LogP) is -0.425. The van der Waals surface area contributed by atoms with Crippen molar-refractivity contribution in [1.29, 1.82) is 0 Å². The van der Waals surface area contributed by atoms with Crippen molar-refractivity contribution in [1.82, 2.24) is 19.4 Å². The van der Waals surface area contributed by atoms with Crippen molar-refractivity contribution in [3.05, 3.63) is 32.6 Å². The van der Waals surface area contributed by atoms with E-state index >= 15 is 0 Å². The highest BCUT2D eigenvalue weighted by molar-refractivity contribution is 5.78. The van der Waals surface area contributed by atoms with Crippen LogP contribution in [0.2, 0.25) is 0 Å². The molecular formula is C18H28N4O4. The highest BCUT2D eigenvalue weighted by Gasteiger charge is 2.30. The van der Waals surface area contributed by atoms with E-state index in [9.17, 15) is 14.4 Å². The van der Waals surface area contributed by atoms with Crippen LogP contribution in [0.3, 0.4) is 0 Å². The Balaban J connectivity index is 1.54. The second-order valence-corrected chi connectivity index (χ2v) is 7.27. The summed E-state index contributed by atoms with van der Waals surface area (Å²) in [5, 5.41) is 0. The highest BCUT2D eigenvalue weighted by atomic mass is 16.5. The van der Waals surface area contributed by atoms with E-state index in [1.54, 1.807) is 0 Å². The van der Waals surface area contributed by atoms with Gasteiger partial charge in [-0.3, -0.25) is 19.1 Å². The molecule has 8 heteroatoms. The third-order valence-corrected chi connectivity index (χ3v) is 5.79. The molecule has 144 valence electrons. The minimum absolute atomic E-state index is 0.0349. The third-order valence-electron chi connectivity index (χ3n) is 5.79. The summed E-state index contributed by atoms with van der Waals surface area (Å²) in [5.74, 6) is 0.532. The number of carbonyl (C=O) groups excluding carboxylic acids is 1. The first-order chi connectivity index (χ1) is 12.5. The number of hydrogen-bond donors (Lipinski definition) is 1. The highest BCUT2D eigenvalue weighted by Crippen LogP contribution is 2.25. The molecule has 3 heterocycles. The SMILES string of the molecule is C[C@H](C1CCN(C(=O)Cc2c[nH]c(=O)n(C)c2=O)CC1)N1CCOCC1. The molecule has 2 saturated heterocycles. The fourth-order valence-electron chi connectivity index (χ4n) is 3.93. The number of likely N-dealkylation sites (tertiary alicyclic amines) is 1. The molecule has 0 unspecified atom stereocenters. The Morgan fingerprint density at radius 2 is 1.88 bits per heavy atom. The Morgan fingerprint density at radius 1 is 1.23 bits per heavy atom. The van der Waals surface area contributed by atoms with Crippen molar-refractivity contribution in [3.8, 4) is 0 Å². The molecule has 1 amide bonds. The van der Waals surface area contributed by atoms with E-state index in [0.29, 0.717) is 17.5 Å². The lowest BCUT2D eigenvalue weighted by molar-refractivity contribution is -0.132. The molecule has 1 aromatic heterocycles. The molecule has 1 N–H and O–H groups in total. The van der Waals surface area contributed by atoms with Crippen LogP contribution in [0.25, 0.3) is 0 Å². The van der Waals surface area contributed by atoms with Crippen LogP contribution in [0.1, 0.15) is 25.3 Å². The molecule has 2 aliphatic heterocycles. The molecule has 0 radical (unpaired) electrons. The van der Waals surface area contributed by atoms with Gasteiger partial charge in [-0.1, -0.05) is 0 Å². The van der Waals surface area contributed by atoms with Crippen LogP contribution in [-0.2, 0) is 23.0 Å². The van der Waals surface area contributed by atoms with E-state index in [4.69, 9.17) is 4.74 Å². The number of morpholine rings is 1. The standard InChI is InChI=1S/C18H28N4O4/c1-13(21-7-9-26-10-8-21)14-3-5-22(6-4-14)16(23)11-15-12-19-18(25)20(2)17(15)24/h12-14H,3-11H2,1-2H3,(H,19,25)/t13-/m1/s1. The van der Waals surface area contributed by atoms with Gasteiger partial charge in [-0.15, -0.1) is 0 Å². The van der Waals surface area contributed by atoms with E-state index < -0.39 is 11.2 Å². The number of aromatic amines is 1. The van der Waals surface area contributed by atoms with Crippen LogP contribution in [-0.4, -0.2) is 70.7 Å². The lowest BCUT2D eigenvalue weighted by Crippen LogP contribution is -2.49. The van der Waals surface area contributed by atoms with Gasteiger partial charge in [-0.05, 0) is 25.7 Å². The average Bonchev–Trinajstić information content (AvgIpc) is 2.68. The van der Waals surface area contributed by atoms with Crippen LogP contribution in [0.5, 0.6) is 0 Å². The maximum atomic E-state index is 12.6. The molecule has 0 aliphatic carbocycles. The van der Waals surface area contributed by atoms with Gasteiger partial charge >= 0.3 is 5.69 Å². The van der Waals surface area contributed by atoms with E-state index in [1.807, 2.05) is 4.90 Å². The molecule has 8 nitrogen and oxygen atoms in total. The summed E-state index contributed by atoms with van der Waals surface area (Å²) in [7, 11) is 1.41. The molecule has 2 fully saturated rings. The van der Waals surface area contributed by atoms with Crippen LogP contribution in [0.4, 0.5) is 0 Å². The molecule has 2 aliphatic rings. The Hall–Kier alpha value is -1.93. The van der Waals surface area contributed by atoms with Crippen LogP contribution in [0, 0.1) is 5.92 Å². The summed E-state index contributed by atoms with van der Waals surface area (Å²) in [4.78, 5) is 42.9. The quantitative estimate of drug-likeness (QED) is 0.784. The van der Waals surface area contributed by atoms with Gasteiger partial charge < -0.3 is 14.6 Å². The summed E-state index contributed by atoms with van der Waals surface area (Å²) in [6.07, 6.45) is 3.35. The predicted molar refractivity (Wildman–Crippen MR) is 97.2 cm³/mol. The summed E-state index contributed by atoms with van der Waals surface area (Å²) in [6.45, 7) is 7.29. The Labute approximate surface area is 152 Å². The number of H-pyrrole nitrogens is 1. The Bertz CT molecular complexity index is 742. The lowest BCUT2D eigenvalue weighted by atomic mass is 9.89. The minimum atomic E-state index is -0.468. The van der Waals surface area contributed by atoms with Crippen LogP contribution >= 0.6 is 0 Å². The monoisotopic (exact) mass is 364 g/mol. The maximum Gasteiger partial charge on any atom is 0.328 e. The molecule has 0 aromatic carbocycles. The first-order valence-corrected chi connectivity index (χ1v) is 9.34. The number of carbonyl (C=O) groups is 1. The number of amides is 1. The average molecular weight is 364 g/mol. The smallest absolute Gasteiger partial charge is 0.328 e. The fourth-order valence-corrected chi connectivity index (χ4v) is 3.93. The van der Waals surface area contributed by atoms with E-state index in [0.717, 1.165) is 56.8 Å². The first-order valence-electron chi connectivity index (χ1n) is 9.34. The molecule has 3 rings (SSSR count). The zero-order valence-electron chi connectivity index (χ0n) is 15.6. The van der Waals surface area contributed by atoms with Gasteiger partial charge in [0.25, 0.3) is 5.56 Å². The molecule has 1 aromatic rings. The summed E-state index contributed by atoms with van der Waals surface area (Å²) >= 11 is 0. The molecule has 26 heavy (non-hydrogen) atoms. The molecule has 1 atom stereocenters. The number of piperidine rings is 1. The van der Waals surface area contributed by atoms with Gasteiger partial charge in [0.05, 0.1) is 19.6 Å². The number of aromatic nitrogens is 2. The normalized spacial score (nSPS) is 20.9. The van der Waals surface area contributed by atoms with Gasteiger partial charge in [-0.2, -0.15) is 0 Å². The van der Waals surface area contributed by atoms with Gasteiger partial charge in [-0.25, -0.2) is 4.79 Å². The van der Waals surface area contributed by atoms with Crippen LogP contribution < -0.4 is 11.2 Å². The van der Waals surface area contributed by atoms with Crippen molar-refractivity contribution >= 4 is 5.91 Å². The van der Waals surface area contributed by atoms with E-state index in [-0.39, 0.29) is 12.3 Å². The minimum Gasteiger partial charge on any atom is -0.379 e. The van der Waals surface area contributed by atoms with Crippen molar-refractivity contribution in [3.63, 3.8) is 0 Å². The molecule has 0 bridgehead atoms. The van der Waals surface area contributed by atoms with Crippen molar-refractivity contribution < 1.29 is 9.53 Å². The zero-order chi connectivity index (χ0) is 18.7. The summed E-state index contributed by atoms with van der Waals surface area (Å²) in [5.41, 5.74) is -0.539. The van der Waals surface area contributed by atoms with Gasteiger partial charge in [0.2, 0.25) is 5.91 Å². The van der Waals surface area contributed by atoms with Crippen molar-refractivity contribution in [2.24, 2.45) is 13.0 Å².